The molecule has 1 unspecified atom stereocenters. The predicted molar refractivity (Wildman–Crippen MR) is 65.6 cm³/mol. The van der Waals surface area contributed by atoms with Gasteiger partial charge in [0, 0.05) is 29.5 Å². The summed E-state index contributed by atoms with van der Waals surface area (Å²) < 4.78 is 11.4. The third-order valence-electron chi connectivity index (χ3n) is 3.91. The molecule has 0 bridgehead atoms. The second-order valence-corrected chi connectivity index (χ2v) is 4.91. The number of carbonyl (C=O) groups is 1. The molecule has 3 rings (SSSR count). The smallest absolute Gasteiger partial charge is 0.310 e. The highest BCUT2D eigenvalue weighted by atomic mass is 16.5. The number of rotatable bonds is 2. The van der Waals surface area contributed by atoms with Crippen LogP contribution < -0.4 is 9.47 Å². The van der Waals surface area contributed by atoms with Gasteiger partial charge < -0.3 is 14.6 Å². The van der Waals surface area contributed by atoms with E-state index in [9.17, 15) is 9.90 Å². The molecule has 0 fully saturated rings. The molecule has 96 valence electrons. The summed E-state index contributed by atoms with van der Waals surface area (Å²) in [7, 11) is 0. The van der Waals surface area contributed by atoms with Crippen molar-refractivity contribution in [1.29, 1.82) is 0 Å². The third-order valence-corrected chi connectivity index (χ3v) is 3.91. The minimum Gasteiger partial charge on any atom is -0.493 e. The Hall–Kier alpha value is -1.71. The molecule has 0 aliphatic carbocycles. The Kier molecular flexibility index (Phi) is 2.47. The van der Waals surface area contributed by atoms with Gasteiger partial charge in [-0.25, -0.2) is 0 Å². The van der Waals surface area contributed by atoms with Crippen LogP contribution in [0.3, 0.4) is 0 Å². The molecule has 1 aromatic carbocycles. The van der Waals surface area contributed by atoms with E-state index in [0.717, 1.165) is 46.6 Å². The lowest BCUT2D eigenvalue weighted by Crippen LogP contribution is -2.11. The van der Waals surface area contributed by atoms with Crippen molar-refractivity contribution in [2.24, 2.45) is 0 Å². The normalized spacial score (nSPS) is 17.7. The van der Waals surface area contributed by atoms with Crippen LogP contribution in [0.15, 0.2) is 0 Å². The van der Waals surface area contributed by atoms with E-state index < -0.39 is 11.9 Å². The first kappa shape index (κ1) is 11.4. The summed E-state index contributed by atoms with van der Waals surface area (Å²) in [6, 6.07) is 0. The molecule has 0 saturated carbocycles. The van der Waals surface area contributed by atoms with Crippen LogP contribution in [0.1, 0.15) is 35.1 Å². The molecular formula is C14H16O4. The van der Waals surface area contributed by atoms with E-state index in [1.165, 1.54) is 0 Å². The van der Waals surface area contributed by atoms with Gasteiger partial charge >= 0.3 is 5.97 Å². The zero-order valence-corrected chi connectivity index (χ0v) is 10.6. The van der Waals surface area contributed by atoms with Gasteiger partial charge in [-0.05, 0) is 19.4 Å². The number of carboxylic acids is 1. The second-order valence-electron chi connectivity index (χ2n) is 4.91. The predicted octanol–water partition coefficient (Wildman–Crippen LogP) is 2.05. The van der Waals surface area contributed by atoms with E-state index in [0.29, 0.717) is 13.2 Å². The van der Waals surface area contributed by atoms with Gasteiger partial charge in [0.05, 0.1) is 19.1 Å². The molecule has 0 saturated heterocycles. The molecule has 18 heavy (non-hydrogen) atoms. The lowest BCUT2D eigenvalue weighted by molar-refractivity contribution is -0.138. The van der Waals surface area contributed by atoms with Crippen molar-refractivity contribution in [3.05, 3.63) is 22.3 Å². The van der Waals surface area contributed by atoms with Crippen molar-refractivity contribution in [2.75, 3.05) is 13.2 Å². The SMILES string of the molecule is Cc1c2c(c(C(C)C(=O)O)c3c1OCC3)OCC2. The van der Waals surface area contributed by atoms with Gasteiger partial charge in [-0.15, -0.1) is 0 Å². The van der Waals surface area contributed by atoms with E-state index >= 15 is 0 Å². The standard InChI is InChI=1S/C14H16O4/c1-7-9-3-5-18-13(9)11(8(2)14(15)16)10-4-6-17-12(7)10/h8H,3-6H2,1-2H3,(H,15,16). The molecule has 0 spiro atoms. The highest BCUT2D eigenvalue weighted by Gasteiger charge is 2.33. The third kappa shape index (κ3) is 1.41. The van der Waals surface area contributed by atoms with Gasteiger partial charge in [0.1, 0.15) is 11.5 Å². The fourth-order valence-corrected chi connectivity index (χ4v) is 2.96. The van der Waals surface area contributed by atoms with Crippen LogP contribution in [-0.2, 0) is 17.6 Å². The molecule has 1 atom stereocenters. The summed E-state index contributed by atoms with van der Waals surface area (Å²) in [5.74, 6) is 0.326. The van der Waals surface area contributed by atoms with E-state index in [-0.39, 0.29) is 0 Å². The van der Waals surface area contributed by atoms with Crippen LogP contribution >= 0.6 is 0 Å². The zero-order chi connectivity index (χ0) is 12.9. The van der Waals surface area contributed by atoms with Crippen molar-refractivity contribution in [3.8, 4) is 11.5 Å². The summed E-state index contributed by atoms with van der Waals surface area (Å²) in [6.07, 6.45) is 1.62. The largest absolute Gasteiger partial charge is 0.493 e. The lowest BCUT2D eigenvalue weighted by atomic mass is 9.88. The van der Waals surface area contributed by atoms with Crippen molar-refractivity contribution >= 4 is 5.97 Å². The maximum atomic E-state index is 11.3. The maximum Gasteiger partial charge on any atom is 0.310 e. The minimum absolute atomic E-state index is 0.548. The van der Waals surface area contributed by atoms with Gasteiger partial charge in [0.15, 0.2) is 0 Å². The van der Waals surface area contributed by atoms with E-state index in [2.05, 4.69) is 0 Å². The number of benzene rings is 1. The van der Waals surface area contributed by atoms with Crippen molar-refractivity contribution in [2.45, 2.75) is 32.6 Å². The summed E-state index contributed by atoms with van der Waals surface area (Å²) in [5, 5.41) is 9.27. The molecule has 4 nitrogen and oxygen atoms in total. The zero-order valence-electron chi connectivity index (χ0n) is 10.6. The summed E-state index contributed by atoms with van der Waals surface area (Å²) in [4.78, 5) is 11.3. The van der Waals surface area contributed by atoms with Crippen molar-refractivity contribution < 1.29 is 19.4 Å². The first-order valence-corrected chi connectivity index (χ1v) is 6.28. The number of aliphatic carboxylic acids is 1. The molecular weight excluding hydrogens is 232 g/mol. The molecule has 2 aliphatic heterocycles. The van der Waals surface area contributed by atoms with Crippen LogP contribution in [0, 0.1) is 6.92 Å². The van der Waals surface area contributed by atoms with Gasteiger partial charge in [-0.2, -0.15) is 0 Å². The molecule has 0 radical (unpaired) electrons. The van der Waals surface area contributed by atoms with Gasteiger partial charge in [-0.3, -0.25) is 4.79 Å². The molecule has 0 aromatic heterocycles. The topological polar surface area (TPSA) is 55.8 Å². The Labute approximate surface area is 106 Å². The van der Waals surface area contributed by atoms with Crippen molar-refractivity contribution in [3.63, 3.8) is 0 Å². The number of fused-ring (bicyclic) bond motifs is 2. The fourth-order valence-electron chi connectivity index (χ4n) is 2.96. The Bertz CT molecular complexity index is 498. The van der Waals surface area contributed by atoms with Crippen LogP contribution in [0.5, 0.6) is 11.5 Å². The summed E-state index contributed by atoms with van der Waals surface area (Å²) in [5.41, 5.74) is 4.10. The molecule has 2 heterocycles. The highest BCUT2D eigenvalue weighted by Crippen LogP contribution is 2.46. The number of hydrogen-bond donors (Lipinski definition) is 1. The maximum absolute atomic E-state index is 11.3. The summed E-state index contributed by atoms with van der Waals surface area (Å²) in [6.45, 7) is 5.03. The number of ether oxygens (including phenoxy) is 2. The molecule has 4 heteroatoms. The summed E-state index contributed by atoms with van der Waals surface area (Å²) >= 11 is 0. The van der Waals surface area contributed by atoms with E-state index in [4.69, 9.17) is 9.47 Å². The molecule has 1 N–H and O–H groups in total. The first-order chi connectivity index (χ1) is 8.61. The van der Waals surface area contributed by atoms with Crippen LogP contribution in [0.4, 0.5) is 0 Å². The highest BCUT2D eigenvalue weighted by molar-refractivity contribution is 5.79. The average Bonchev–Trinajstić information content (AvgIpc) is 2.96. The van der Waals surface area contributed by atoms with E-state index in [1.54, 1.807) is 6.92 Å². The monoisotopic (exact) mass is 248 g/mol. The van der Waals surface area contributed by atoms with Crippen LogP contribution in [0.2, 0.25) is 0 Å². The Balaban J connectivity index is 2.27. The minimum atomic E-state index is -0.814. The lowest BCUT2D eigenvalue weighted by Gasteiger charge is -2.18. The Morgan fingerprint density at radius 1 is 1.17 bits per heavy atom. The molecule has 1 aromatic rings. The fraction of sp³-hybridized carbons (Fsp3) is 0.500. The quantitative estimate of drug-likeness (QED) is 0.870. The number of hydrogen-bond acceptors (Lipinski definition) is 3. The first-order valence-electron chi connectivity index (χ1n) is 6.28. The van der Waals surface area contributed by atoms with Gasteiger partial charge in [-0.1, -0.05) is 0 Å². The van der Waals surface area contributed by atoms with Crippen molar-refractivity contribution in [1.82, 2.24) is 0 Å². The van der Waals surface area contributed by atoms with Gasteiger partial charge in [0.2, 0.25) is 0 Å². The Morgan fingerprint density at radius 2 is 1.78 bits per heavy atom. The van der Waals surface area contributed by atoms with Crippen LogP contribution in [0.25, 0.3) is 0 Å². The second kappa shape index (κ2) is 3.90. The number of carboxylic acid groups (broad SMARTS) is 1. The average molecular weight is 248 g/mol. The van der Waals surface area contributed by atoms with Crippen LogP contribution in [-0.4, -0.2) is 24.3 Å². The Morgan fingerprint density at radius 3 is 2.44 bits per heavy atom. The van der Waals surface area contributed by atoms with Gasteiger partial charge in [0.25, 0.3) is 0 Å². The molecule has 0 amide bonds. The van der Waals surface area contributed by atoms with E-state index in [1.807, 2.05) is 6.92 Å². The molecule has 2 aliphatic rings.